The highest BCUT2D eigenvalue weighted by Crippen LogP contribution is 2.11. The van der Waals surface area contributed by atoms with Gasteiger partial charge in [-0.2, -0.15) is 8.78 Å². The molecule has 0 aromatic rings. The van der Waals surface area contributed by atoms with Crippen molar-refractivity contribution >= 4 is 8.60 Å². The normalized spacial score (nSPS) is 7.89. The molecule has 0 heterocycles. The van der Waals surface area contributed by atoms with Crippen molar-refractivity contribution in [3.63, 3.8) is 0 Å². The van der Waals surface area contributed by atoms with Gasteiger partial charge in [0, 0.05) is 0 Å². The van der Waals surface area contributed by atoms with Crippen LogP contribution in [0, 0.1) is 0 Å². The fraction of sp³-hybridized carbons (Fsp3) is 0. The molecule has 3 nitrogen and oxygen atoms in total. The van der Waals surface area contributed by atoms with Crippen molar-refractivity contribution in [2.45, 2.75) is 0 Å². The Labute approximate surface area is 50.1 Å². The van der Waals surface area contributed by atoms with Gasteiger partial charge in [0.15, 0.2) is 6.33 Å². The molecule has 0 radical (unpaired) electrons. The van der Waals surface area contributed by atoms with Crippen LogP contribution in [0.25, 0.3) is 0 Å². The molecule has 0 spiro atoms. The summed E-state index contributed by atoms with van der Waals surface area (Å²) in [5.41, 5.74) is 0. The zero-order chi connectivity index (χ0) is 7.86. The van der Waals surface area contributed by atoms with Gasteiger partial charge in [0.1, 0.15) is 0 Å². The van der Waals surface area contributed by atoms with Gasteiger partial charge in [-0.1, -0.05) is 0 Å². The van der Waals surface area contributed by atoms with Crippen LogP contribution < -0.4 is 0 Å². The van der Waals surface area contributed by atoms with E-state index in [-0.39, 0.29) is 0 Å². The first-order valence-electron chi connectivity index (χ1n) is 1.48. The summed E-state index contributed by atoms with van der Waals surface area (Å²) in [5, 5.41) is 0. The minimum atomic E-state index is -2.62. The molecule has 56 valence electrons. The first kappa shape index (κ1) is 11.6. The highest BCUT2D eigenvalue weighted by atomic mass is 31.2. The summed E-state index contributed by atoms with van der Waals surface area (Å²) in [6, 6.07) is 0. The van der Waals surface area contributed by atoms with Crippen LogP contribution in [-0.4, -0.2) is 14.7 Å². The van der Waals surface area contributed by atoms with Crippen LogP contribution >= 0.6 is 8.60 Å². The molecule has 0 bridgehead atoms. The Bertz CT molecular complexity index is 78.4. The zero-order valence-electron chi connectivity index (χ0n) is 4.00. The van der Waals surface area contributed by atoms with Gasteiger partial charge in [-0.3, -0.25) is 0 Å². The molecule has 0 aliphatic heterocycles. The lowest BCUT2D eigenvalue weighted by molar-refractivity contribution is 0.368. The van der Waals surface area contributed by atoms with Gasteiger partial charge in [-0.15, -0.1) is 0 Å². The van der Waals surface area contributed by atoms with Crippen LogP contribution in [0.1, 0.15) is 0 Å². The highest BCUT2D eigenvalue weighted by Gasteiger charge is 1.78. The first-order valence-corrected chi connectivity index (χ1v) is 2.68. The Kier molecular flexibility index (Phi) is 10.1. The molecule has 0 aliphatic carbocycles. The van der Waals surface area contributed by atoms with E-state index in [1.807, 2.05) is 0 Å². The molecule has 0 amide bonds. The molecule has 0 fully saturated rings. The predicted octanol–water partition coefficient (Wildman–Crippen LogP) is 0.884. The fourth-order valence-corrected chi connectivity index (χ4v) is 0. The van der Waals surface area contributed by atoms with Gasteiger partial charge < -0.3 is 14.7 Å². The van der Waals surface area contributed by atoms with E-state index in [2.05, 4.69) is 0 Å². The third kappa shape index (κ3) is 79.0. The van der Waals surface area contributed by atoms with E-state index in [1.165, 1.54) is 0 Å². The molecule has 0 saturated heterocycles. The summed E-state index contributed by atoms with van der Waals surface area (Å²) in [6.07, 6.45) is -3.04. The average Bonchev–Trinajstić information content (AvgIpc) is 1.65. The van der Waals surface area contributed by atoms with Gasteiger partial charge in [-0.05, 0) is 0 Å². The van der Waals surface area contributed by atoms with Crippen molar-refractivity contribution in [3.8, 4) is 0 Å². The first-order chi connectivity index (χ1) is 4.00. The lowest BCUT2D eigenvalue weighted by Gasteiger charge is -1.76. The molecular weight excluding hydrogens is 160 g/mol. The maximum absolute atomic E-state index is 10.2. The van der Waals surface area contributed by atoms with Crippen LogP contribution in [0.2, 0.25) is 0 Å². The van der Waals surface area contributed by atoms with Crippen LogP contribution in [0.3, 0.4) is 0 Å². The molecule has 0 rings (SSSR count). The molecule has 9 heavy (non-hydrogen) atoms. The zero-order valence-corrected chi connectivity index (χ0v) is 4.89. The summed E-state index contributed by atoms with van der Waals surface area (Å²) in [5.74, 6) is 0. The second kappa shape index (κ2) is 7.84. The molecule has 3 N–H and O–H groups in total. The van der Waals surface area contributed by atoms with Crippen LogP contribution in [0.15, 0.2) is 12.4 Å². The maximum atomic E-state index is 10.2. The number of halogens is 3. The van der Waals surface area contributed by atoms with Crippen LogP contribution in [-0.2, 0) is 0 Å². The summed E-state index contributed by atoms with van der Waals surface area (Å²) in [7, 11) is -2.62. The summed E-state index contributed by atoms with van der Waals surface area (Å²) in [6.45, 7) is 0. The Morgan fingerprint density at radius 3 is 1.33 bits per heavy atom. The van der Waals surface area contributed by atoms with E-state index < -0.39 is 21.0 Å². The molecule has 0 unspecified atom stereocenters. The van der Waals surface area contributed by atoms with Gasteiger partial charge in [0.25, 0.3) is 6.08 Å². The molecule has 0 aromatic carbocycles. The second-order valence-electron chi connectivity index (χ2n) is 0.667. The Hall–Kier alpha value is -0.160. The van der Waals surface area contributed by atoms with Crippen LogP contribution in [0.5, 0.6) is 0 Å². The van der Waals surface area contributed by atoms with E-state index >= 15 is 0 Å². The van der Waals surface area contributed by atoms with Crippen molar-refractivity contribution in [3.05, 3.63) is 12.4 Å². The summed E-state index contributed by atoms with van der Waals surface area (Å²) >= 11 is 0. The van der Waals surface area contributed by atoms with Crippen molar-refractivity contribution in [1.29, 1.82) is 0 Å². The molecule has 0 aromatic heterocycles. The van der Waals surface area contributed by atoms with Gasteiger partial charge in [0.2, 0.25) is 0 Å². The number of hydrogen-bond acceptors (Lipinski definition) is 3. The third-order valence-electron chi connectivity index (χ3n) is 0.0825. The Morgan fingerprint density at radius 1 is 1.22 bits per heavy atom. The summed E-state index contributed by atoms with van der Waals surface area (Å²) in [4.78, 5) is 21.7. The summed E-state index contributed by atoms with van der Waals surface area (Å²) < 4.78 is 30.7. The lowest BCUT2D eigenvalue weighted by Crippen LogP contribution is -1.54. The van der Waals surface area contributed by atoms with E-state index in [0.29, 0.717) is 0 Å². The second-order valence-corrected chi connectivity index (χ2v) is 1.20. The molecule has 0 atom stereocenters. The smallest absolute Gasteiger partial charge is 0.324 e. The molecule has 7 heteroatoms. The lowest BCUT2D eigenvalue weighted by atomic mass is 11.1. The van der Waals surface area contributed by atoms with E-state index in [4.69, 9.17) is 14.7 Å². The number of hydrogen-bond donors (Lipinski definition) is 3. The standard InChI is InChI=1S/C2HF3.H3O3P/c3-1-2(4)5;1-4(2)3/h1H;1-3H. The minimum absolute atomic E-state index is 0.750. The maximum Gasteiger partial charge on any atom is 0.324 e. The highest BCUT2D eigenvalue weighted by molar-refractivity contribution is 7.38. The van der Waals surface area contributed by atoms with Crippen molar-refractivity contribution in [2.75, 3.05) is 0 Å². The molecule has 0 saturated carbocycles. The van der Waals surface area contributed by atoms with E-state index in [1.54, 1.807) is 0 Å². The van der Waals surface area contributed by atoms with Crippen molar-refractivity contribution in [1.82, 2.24) is 0 Å². The van der Waals surface area contributed by atoms with E-state index in [0.717, 1.165) is 0 Å². The monoisotopic (exact) mass is 164 g/mol. The van der Waals surface area contributed by atoms with Crippen molar-refractivity contribution in [2.24, 2.45) is 0 Å². The topological polar surface area (TPSA) is 60.7 Å². The fourth-order valence-electron chi connectivity index (χ4n) is 0. The van der Waals surface area contributed by atoms with Gasteiger partial charge in [-0.25, -0.2) is 4.39 Å². The van der Waals surface area contributed by atoms with Crippen LogP contribution in [0.4, 0.5) is 13.2 Å². The van der Waals surface area contributed by atoms with Crippen molar-refractivity contribution < 1.29 is 27.9 Å². The predicted molar refractivity (Wildman–Crippen MR) is 25.0 cm³/mol. The Balaban J connectivity index is 0. The molecule has 0 aliphatic rings. The third-order valence-corrected chi connectivity index (χ3v) is 0.0825. The largest absolute Gasteiger partial charge is 0.328 e. The quantitative estimate of drug-likeness (QED) is 0.466. The van der Waals surface area contributed by atoms with E-state index in [9.17, 15) is 13.2 Å². The SMILES string of the molecule is FC=C(F)F.OP(O)O. The number of rotatable bonds is 0. The molecular formula is C2H4F3O3P. The van der Waals surface area contributed by atoms with Gasteiger partial charge in [0.05, 0.1) is 0 Å². The Morgan fingerprint density at radius 2 is 1.33 bits per heavy atom. The average molecular weight is 164 g/mol. The minimum Gasteiger partial charge on any atom is -0.328 e. The van der Waals surface area contributed by atoms with Gasteiger partial charge >= 0.3 is 8.60 Å².